The lowest BCUT2D eigenvalue weighted by molar-refractivity contribution is 1.08. The fourth-order valence-corrected chi connectivity index (χ4v) is 3.06. The van der Waals surface area contributed by atoms with Crippen LogP contribution < -0.4 is 0 Å². The van der Waals surface area contributed by atoms with Gasteiger partial charge in [0.25, 0.3) is 0 Å². The van der Waals surface area contributed by atoms with Gasteiger partial charge in [-0.3, -0.25) is 0 Å². The number of nitrogens with zero attached hydrogens (tertiary/aromatic N) is 1. The summed E-state index contributed by atoms with van der Waals surface area (Å²) < 4.78 is 1.07. The van der Waals surface area contributed by atoms with Crippen molar-refractivity contribution in [1.82, 2.24) is 9.97 Å². The van der Waals surface area contributed by atoms with Crippen LogP contribution >= 0.6 is 27.7 Å². The molecule has 0 saturated carbocycles. The smallest absolute Gasteiger partial charge is 0.166 e. The Kier molecular flexibility index (Phi) is 3.62. The van der Waals surface area contributed by atoms with Gasteiger partial charge in [0.05, 0.1) is 11.0 Å². The minimum atomic E-state index is 0.932. The van der Waals surface area contributed by atoms with Gasteiger partial charge in [-0.2, -0.15) is 0 Å². The van der Waals surface area contributed by atoms with Gasteiger partial charge in [-0.05, 0) is 30.7 Å². The molecule has 2 aromatic carbocycles. The van der Waals surface area contributed by atoms with Crippen LogP contribution in [0.15, 0.2) is 52.1 Å². The zero-order chi connectivity index (χ0) is 13.2. The van der Waals surface area contributed by atoms with E-state index in [2.05, 4.69) is 63.2 Å². The highest BCUT2D eigenvalue weighted by atomic mass is 79.9. The van der Waals surface area contributed by atoms with Crippen molar-refractivity contribution in [2.75, 3.05) is 0 Å². The Morgan fingerprint density at radius 2 is 1.95 bits per heavy atom. The molecule has 3 aromatic rings. The monoisotopic (exact) mass is 332 g/mol. The summed E-state index contributed by atoms with van der Waals surface area (Å²) in [6.45, 7) is 2.11. The molecule has 0 aliphatic heterocycles. The fourth-order valence-electron chi connectivity index (χ4n) is 1.86. The Balaban J connectivity index is 1.76. The predicted molar refractivity (Wildman–Crippen MR) is 84.5 cm³/mol. The number of fused-ring (bicyclic) bond motifs is 1. The van der Waals surface area contributed by atoms with Crippen LogP contribution in [0.5, 0.6) is 0 Å². The van der Waals surface area contributed by atoms with E-state index < -0.39 is 0 Å². The van der Waals surface area contributed by atoms with E-state index in [1.807, 2.05) is 12.1 Å². The van der Waals surface area contributed by atoms with Gasteiger partial charge in [-0.15, -0.1) is 0 Å². The molecular weight excluding hydrogens is 320 g/mol. The van der Waals surface area contributed by atoms with E-state index in [1.165, 1.54) is 11.1 Å². The molecule has 2 nitrogen and oxygen atoms in total. The van der Waals surface area contributed by atoms with Gasteiger partial charge in [0.1, 0.15) is 0 Å². The predicted octanol–water partition coefficient (Wildman–Crippen LogP) is 4.93. The minimum absolute atomic E-state index is 0.932. The van der Waals surface area contributed by atoms with Crippen molar-refractivity contribution < 1.29 is 0 Å². The number of aromatic amines is 1. The molecule has 0 unspecified atom stereocenters. The highest BCUT2D eigenvalue weighted by Gasteiger charge is 2.04. The molecule has 4 heteroatoms. The Morgan fingerprint density at radius 3 is 2.74 bits per heavy atom. The second-order valence-corrected chi connectivity index (χ2v) is 6.36. The molecule has 96 valence electrons. The quantitative estimate of drug-likeness (QED) is 0.689. The number of nitrogens with one attached hydrogen (secondary N) is 1. The third kappa shape index (κ3) is 3.01. The maximum atomic E-state index is 4.57. The van der Waals surface area contributed by atoms with Crippen LogP contribution in [0.1, 0.15) is 11.1 Å². The van der Waals surface area contributed by atoms with Gasteiger partial charge in [0.2, 0.25) is 0 Å². The van der Waals surface area contributed by atoms with Crippen LogP contribution in [0.2, 0.25) is 0 Å². The normalized spacial score (nSPS) is 11.1. The molecule has 3 rings (SSSR count). The minimum Gasteiger partial charge on any atom is -0.333 e. The standard InChI is InChI=1S/C15H13BrN2S/c1-10-2-4-11(5-3-10)9-19-15-17-13-7-6-12(16)8-14(13)18-15/h2-8H,9H2,1H3,(H,17,18). The number of thioether (sulfide) groups is 1. The lowest BCUT2D eigenvalue weighted by Gasteiger charge is -1.99. The molecular formula is C15H13BrN2S. The van der Waals surface area contributed by atoms with Crippen LogP contribution in [0.25, 0.3) is 11.0 Å². The molecule has 1 aromatic heterocycles. The molecule has 0 amide bonds. The zero-order valence-corrected chi connectivity index (χ0v) is 12.9. The summed E-state index contributed by atoms with van der Waals surface area (Å²) in [4.78, 5) is 7.91. The molecule has 0 fully saturated rings. The number of rotatable bonds is 3. The van der Waals surface area contributed by atoms with Gasteiger partial charge in [-0.1, -0.05) is 57.5 Å². The summed E-state index contributed by atoms with van der Waals surface area (Å²) in [6.07, 6.45) is 0. The summed E-state index contributed by atoms with van der Waals surface area (Å²) in [7, 11) is 0. The summed E-state index contributed by atoms with van der Waals surface area (Å²) in [6, 6.07) is 14.7. The molecule has 0 aliphatic rings. The van der Waals surface area contributed by atoms with E-state index >= 15 is 0 Å². The number of aryl methyl sites for hydroxylation is 1. The fraction of sp³-hybridized carbons (Fsp3) is 0.133. The van der Waals surface area contributed by atoms with E-state index in [0.29, 0.717) is 0 Å². The first-order valence-corrected chi connectivity index (χ1v) is 7.82. The number of hydrogen-bond acceptors (Lipinski definition) is 2. The Labute approximate surface area is 124 Å². The number of aromatic nitrogens is 2. The van der Waals surface area contributed by atoms with Crippen LogP contribution in [0, 0.1) is 6.92 Å². The van der Waals surface area contributed by atoms with Gasteiger partial charge >= 0.3 is 0 Å². The largest absolute Gasteiger partial charge is 0.333 e. The highest BCUT2D eigenvalue weighted by molar-refractivity contribution is 9.10. The van der Waals surface area contributed by atoms with Gasteiger partial charge in [-0.25, -0.2) is 4.98 Å². The topological polar surface area (TPSA) is 28.7 Å². The molecule has 1 heterocycles. The van der Waals surface area contributed by atoms with Crippen molar-refractivity contribution in [3.8, 4) is 0 Å². The second kappa shape index (κ2) is 5.39. The Bertz CT molecular complexity index is 704. The molecule has 0 bridgehead atoms. The first-order chi connectivity index (χ1) is 9.20. The molecule has 0 spiro atoms. The first kappa shape index (κ1) is 12.8. The van der Waals surface area contributed by atoms with Crippen LogP contribution in [0.3, 0.4) is 0 Å². The highest BCUT2D eigenvalue weighted by Crippen LogP contribution is 2.24. The van der Waals surface area contributed by atoms with E-state index in [0.717, 1.165) is 26.4 Å². The average molecular weight is 333 g/mol. The maximum absolute atomic E-state index is 4.57. The Morgan fingerprint density at radius 1 is 1.16 bits per heavy atom. The number of hydrogen-bond donors (Lipinski definition) is 1. The van der Waals surface area contributed by atoms with Crippen molar-refractivity contribution in [2.45, 2.75) is 17.8 Å². The van der Waals surface area contributed by atoms with Crippen molar-refractivity contribution >= 4 is 38.7 Å². The number of halogens is 1. The summed E-state index contributed by atoms with van der Waals surface area (Å²) in [5.41, 5.74) is 4.69. The lowest BCUT2D eigenvalue weighted by atomic mass is 10.2. The summed E-state index contributed by atoms with van der Waals surface area (Å²) >= 11 is 5.20. The molecule has 0 radical (unpaired) electrons. The average Bonchev–Trinajstić information content (AvgIpc) is 2.80. The first-order valence-electron chi connectivity index (χ1n) is 6.04. The summed E-state index contributed by atoms with van der Waals surface area (Å²) in [5, 5.41) is 0.966. The van der Waals surface area contributed by atoms with E-state index in [-0.39, 0.29) is 0 Å². The third-order valence-corrected chi connectivity index (χ3v) is 4.36. The molecule has 0 atom stereocenters. The Hall–Kier alpha value is -1.26. The van der Waals surface area contributed by atoms with E-state index in [9.17, 15) is 0 Å². The lowest BCUT2D eigenvalue weighted by Crippen LogP contribution is -1.82. The molecule has 1 N–H and O–H groups in total. The number of H-pyrrole nitrogens is 1. The SMILES string of the molecule is Cc1ccc(CSc2nc3ccc(Br)cc3[nH]2)cc1. The van der Waals surface area contributed by atoms with Crippen molar-refractivity contribution in [3.63, 3.8) is 0 Å². The van der Waals surface area contributed by atoms with Gasteiger partial charge in [0.15, 0.2) is 5.16 Å². The molecule has 19 heavy (non-hydrogen) atoms. The molecule has 0 aliphatic carbocycles. The summed E-state index contributed by atoms with van der Waals surface area (Å²) in [5.74, 6) is 0.932. The maximum Gasteiger partial charge on any atom is 0.166 e. The van der Waals surface area contributed by atoms with Gasteiger partial charge in [0, 0.05) is 10.2 Å². The molecule has 0 saturated heterocycles. The third-order valence-electron chi connectivity index (χ3n) is 2.92. The number of imidazole rings is 1. The van der Waals surface area contributed by atoms with Crippen LogP contribution in [0.4, 0.5) is 0 Å². The van der Waals surface area contributed by atoms with E-state index in [1.54, 1.807) is 11.8 Å². The van der Waals surface area contributed by atoms with Gasteiger partial charge < -0.3 is 4.98 Å². The number of benzene rings is 2. The van der Waals surface area contributed by atoms with Crippen LogP contribution in [-0.4, -0.2) is 9.97 Å². The van der Waals surface area contributed by atoms with E-state index in [4.69, 9.17) is 0 Å². The zero-order valence-electron chi connectivity index (χ0n) is 10.5. The van der Waals surface area contributed by atoms with Crippen molar-refractivity contribution in [2.24, 2.45) is 0 Å². The van der Waals surface area contributed by atoms with Crippen LogP contribution in [-0.2, 0) is 5.75 Å². The van der Waals surface area contributed by atoms with Crippen molar-refractivity contribution in [3.05, 3.63) is 58.1 Å². The van der Waals surface area contributed by atoms with Crippen molar-refractivity contribution in [1.29, 1.82) is 0 Å². The second-order valence-electron chi connectivity index (χ2n) is 4.48.